The van der Waals surface area contributed by atoms with Crippen molar-refractivity contribution in [3.63, 3.8) is 0 Å². The molecular weight excluding hydrogens is 572 g/mol. The van der Waals surface area contributed by atoms with Crippen LogP contribution in [0.5, 0.6) is 0 Å². The minimum Gasteiger partial charge on any atom is -0.395 e. The molecule has 4 bridgehead atoms. The highest BCUT2D eigenvalue weighted by Gasteiger charge is 2.59. The average Bonchev–Trinajstić information content (AvgIpc) is 2.97. The van der Waals surface area contributed by atoms with Gasteiger partial charge in [-0.25, -0.2) is 0 Å². The van der Waals surface area contributed by atoms with E-state index in [1.165, 1.54) is 6.42 Å². The summed E-state index contributed by atoms with van der Waals surface area (Å²) < 4.78 is 13.4. The van der Waals surface area contributed by atoms with Gasteiger partial charge >= 0.3 is 0 Å². The number of hydrogen-bond donors (Lipinski definition) is 8. The van der Waals surface area contributed by atoms with Crippen LogP contribution in [-0.4, -0.2) is 163 Å². The Morgan fingerprint density at radius 1 is 0.545 bits per heavy atom. The van der Waals surface area contributed by atoms with Crippen molar-refractivity contribution in [2.75, 3.05) is 52.6 Å². The van der Waals surface area contributed by atoms with Crippen molar-refractivity contribution in [3.05, 3.63) is 0 Å². The summed E-state index contributed by atoms with van der Waals surface area (Å²) in [5, 5.41) is 79.6. The third-order valence-electron chi connectivity index (χ3n) is 11.4. The summed E-state index contributed by atoms with van der Waals surface area (Å²) >= 11 is 0. The monoisotopic (exact) mass is 630 g/mol. The maximum Gasteiger partial charge on any atom is 0.109 e. The second-order valence-corrected chi connectivity index (χ2v) is 14.7. The number of ether oxygens (including phenoxy) is 2. The first-order chi connectivity index (χ1) is 21.1. The van der Waals surface area contributed by atoms with E-state index in [9.17, 15) is 40.9 Å². The van der Waals surface area contributed by atoms with E-state index in [4.69, 9.17) is 9.47 Å². The molecule has 2 saturated heterocycles. The fraction of sp³-hybridized carbons (Fsp3) is 1.00. The molecule has 12 nitrogen and oxygen atoms in total. The first kappa shape index (κ1) is 34.8. The van der Waals surface area contributed by atoms with Gasteiger partial charge in [0.2, 0.25) is 0 Å². The minimum absolute atomic E-state index is 0.0941. The third-order valence-corrected chi connectivity index (χ3v) is 11.4. The molecule has 0 radical (unpaired) electrons. The Morgan fingerprint density at radius 3 is 1.34 bits per heavy atom. The van der Waals surface area contributed by atoms with Crippen molar-refractivity contribution < 1.29 is 50.3 Å². The molecule has 44 heavy (non-hydrogen) atoms. The highest BCUT2D eigenvalue weighted by molar-refractivity contribution is 5.11. The molecule has 2 aliphatic heterocycles. The molecule has 0 spiro atoms. The van der Waals surface area contributed by atoms with Crippen LogP contribution in [0.15, 0.2) is 0 Å². The molecule has 6 aliphatic rings. The fourth-order valence-electron chi connectivity index (χ4n) is 9.47. The third kappa shape index (κ3) is 7.79. The Hall–Kier alpha value is -0.480. The molecule has 256 valence electrons. The zero-order valence-electron chi connectivity index (χ0n) is 26.2. The standard InChI is InChI=1S/C32H58N2O10/c35-18-23-27(39)29(41)25(37)16-33(23)7-3-1-5-9-43-31-12-21-11-22(13-31)15-32(14-21,20-31)44-10-6-2-4-8-34-17-26(38)30(42)28(40)24(34)19-36/h21-30,35-42H,1-20H2/t21?,22?,23-,24-,25-,26-,27+,28+,29+,30+,31?,32?/m0/s1. The maximum absolute atomic E-state index is 10.2. The molecular formula is C32H58N2O10. The Labute approximate surface area is 261 Å². The average molecular weight is 631 g/mol. The number of aliphatic hydroxyl groups excluding tert-OH is 8. The minimum atomic E-state index is -1.22. The van der Waals surface area contributed by atoms with Gasteiger partial charge < -0.3 is 50.3 Å². The number of aliphatic hydroxyl groups is 8. The van der Waals surface area contributed by atoms with Gasteiger partial charge in [-0.05, 0) is 95.6 Å². The van der Waals surface area contributed by atoms with E-state index in [0.717, 1.165) is 70.6 Å². The van der Waals surface area contributed by atoms with E-state index >= 15 is 0 Å². The van der Waals surface area contributed by atoms with Crippen molar-refractivity contribution >= 4 is 0 Å². The van der Waals surface area contributed by atoms with Gasteiger partial charge in [-0.1, -0.05) is 0 Å². The molecule has 2 heterocycles. The lowest BCUT2D eigenvalue weighted by atomic mass is 9.52. The largest absolute Gasteiger partial charge is 0.395 e. The van der Waals surface area contributed by atoms with Crippen LogP contribution in [-0.2, 0) is 9.47 Å². The predicted octanol–water partition coefficient (Wildman–Crippen LogP) is -1.03. The van der Waals surface area contributed by atoms with Crippen molar-refractivity contribution in [1.29, 1.82) is 0 Å². The summed E-state index contributed by atoms with van der Waals surface area (Å²) in [4.78, 5) is 3.76. The van der Waals surface area contributed by atoms with Crippen LogP contribution in [0.2, 0.25) is 0 Å². The van der Waals surface area contributed by atoms with E-state index in [2.05, 4.69) is 0 Å². The van der Waals surface area contributed by atoms with Crippen molar-refractivity contribution in [3.8, 4) is 0 Å². The van der Waals surface area contributed by atoms with Crippen molar-refractivity contribution in [2.24, 2.45) is 11.8 Å². The zero-order valence-corrected chi connectivity index (χ0v) is 26.2. The number of nitrogens with zero attached hydrogens (tertiary/aromatic N) is 2. The molecule has 8 atom stereocenters. The molecule has 0 aromatic carbocycles. The van der Waals surface area contributed by atoms with Gasteiger partial charge in [0.05, 0.1) is 48.7 Å². The predicted molar refractivity (Wildman–Crippen MR) is 161 cm³/mol. The zero-order chi connectivity index (χ0) is 31.5. The Morgan fingerprint density at radius 2 is 0.955 bits per heavy atom. The van der Waals surface area contributed by atoms with Gasteiger partial charge in [0.25, 0.3) is 0 Å². The number of unbranched alkanes of at least 4 members (excludes halogenated alkanes) is 4. The van der Waals surface area contributed by atoms with Crippen LogP contribution < -0.4 is 0 Å². The normalized spacial score (nSPS) is 44.5. The van der Waals surface area contributed by atoms with Crippen LogP contribution in [0.3, 0.4) is 0 Å². The molecule has 0 aromatic rings. The quantitative estimate of drug-likeness (QED) is 0.0971. The van der Waals surface area contributed by atoms with Gasteiger partial charge in [0, 0.05) is 32.7 Å². The lowest BCUT2D eigenvalue weighted by molar-refractivity contribution is -0.237. The van der Waals surface area contributed by atoms with Crippen molar-refractivity contribution in [1.82, 2.24) is 9.80 Å². The van der Waals surface area contributed by atoms with Crippen LogP contribution in [0.1, 0.15) is 77.0 Å². The molecule has 4 aliphatic carbocycles. The summed E-state index contributed by atoms with van der Waals surface area (Å²) in [5.74, 6) is 1.31. The van der Waals surface area contributed by atoms with Gasteiger partial charge in [0.15, 0.2) is 0 Å². The molecule has 0 unspecified atom stereocenters. The van der Waals surface area contributed by atoms with Crippen LogP contribution >= 0.6 is 0 Å². The first-order valence-electron chi connectivity index (χ1n) is 17.2. The van der Waals surface area contributed by atoms with E-state index < -0.39 is 48.7 Å². The lowest BCUT2D eigenvalue weighted by Gasteiger charge is -2.61. The summed E-state index contributed by atoms with van der Waals surface area (Å²) in [7, 11) is 0. The molecule has 0 amide bonds. The number of hydrogen-bond acceptors (Lipinski definition) is 12. The van der Waals surface area contributed by atoms with Crippen molar-refractivity contribution in [2.45, 2.75) is 137 Å². The summed E-state index contributed by atoms with van der Waals surface area (Å²) in [6, 6.07) is -1.11. The van der Waals surface area contributed by atoms with E-state index in [-0.39, 0.29) is 37.5 Å². The molecule has 0 aromatic heterocycles. The van der Waals surface area contributed by atoms with Crippen LogP contribution in [0.25, 0.3) is 0 Å². The van der Waals surface area contributed by atoms with Gasteiger partial charge in [-0.15, -0.1) is 0 Å². The summed E-state index contributed by atoms with van der Waals surface area (Å²) in [5.41, 5.74) is -0.188. The van der Waals surface area contributed by atoms with Gasteiger partial charge in [0.1, 0.15) is 24.4 Å². The highest BCUT2D eigenvalue weighted by Crippen LogP contribution is 2.60. The molecule has 6 rings (SSSR count). The van der Waals surface area contributed by atoms with E-state index in [0.29, 0.717) is 38.1 Å². The van der Waals surface area contributed by atoms with Gasteiger partial charge in [-0.2, -0.15) is 0 Å². The second-order valence-electron chi connectivity index (χ2n) is 14.7. The molecule has 8 N–H and O–H groups in total. The molecule has 6 fully saturated rings. The number of β-amino-alcohol motifs (C(OH)–C–C–N with tert-alkyl or cyclic N) is 2. The van der Waals surface area contributed by atoms with E-state index in [1.54, 1.807) is 0 Å². The van der Waals surface area contributed by atoms with Gasteiger partial charge in [-0.3, -0.25) is 9.80 Å². The van der Waals surface area contributed by atoms with Crippen LogP contribution in [0.4, 0.5) is 0 Å². The maximum atomic E-state index is 10.2. The van der Waals surface area contributed by atoms with E-state index in [1.807, 2.05) is 9.80 Å². The SMILES string of the molecule is OC[C@H]1[C@@H](O)[C@H](O)[C@@H](O)CN1CCCCCOC12CC3CC(C1)CC(OCCCCCN1C[C@H](O)[C@@H](O)[C@H](O)[C@@H]1CO)(C3)C2. The number of rotatable bonds is 16. The lowest BCUT2D eigenvalue weighted by Crippen LogP contribution is -2.62. The first-order valence-corrected chi connectivity index (χ1v) is 17.2. The molecule has 12 heteroatoms. The second kappa shape index (κ2) is 15.2. The summed E-state index contributed by atoms with van der Waals surface area (Å²) in [6.07, 6.45) is 5.40. The Bertz CT molecular complexity index is 819. The smallest absolute Gasteiger partial charge is 0.109 e. The number of piperidine rings is 2. The topological polar surface area (TPSA) is 187 Å². The Balaban J connectivity index is 1.00. The fourth-order valence-corrected chi connectivity index (χ4v) is 9.47. The molecule has 4 saturated carbocycles. The number of likely N-dealkylation sites (tertiary alicyclic amines) is 2. The Kier molecular flexibility index (Phi) is 12.0. The summed E-state index contributed by atoms with van der Waals surface area (Å²) in [6.45, 7) is 2.67. The highest BCUT2D eigenvalue weighted by atomic mass is 16.5. The van der Waals surface area contributed by atoms with Crippen LogP contribution in [0, 0.1) is 11.8 Å².